The zero-order valence-electron chi connectivity index (χ0n) is 19.6. The summed E-state index contributed by atoms with van der Waals surface area (Å²) in [7, 11) is 3.46. The van der Waals surface area contributed by atoms with Crippen molar-refractivity contribution >= 4 is 35.0 Å². The maximum absolute atomic E-state index is 13.4. The Morgan fingerprint density at radius 2 is 2.03 bits per heavy atom. The van der Waals surface area contributed by atoms with E-state index in [1.807, 2.05) is 39.8 Å². The second kappa shape index (κ2) is 11.3. The topological polar surface area (TPSA) is 91.7 Å². The van der Waals surface area contributed by atoms with E-state index in [2.05, 4.69) is 16.0 Å². The first-order valence-corrected chi connectivity index (χ1v) is 11.0. The van der Waals surface area contributed by atoms with E-state index in [0.29, 0.717) is 12.2 Å². The number of alkyl halides is 1. The third kappa shape index (κ3) is 6.69. The van der Waals surface area contributed by atoms with Crippen molar-refractivity contribution in [2.75, 3.05) is 36.3 Å². The normalized spacial score (nSPS) is 12.3. The number of amides is 2. The SMILES string of the molecule is CNNCC(N(C(=O)OC(C)(C)C)c1ccc(N(C)C(=O)CCCl)cc1C)n1cccn1. The molecule has 2 N–H and O–H groups in total. The number of aromatic nitrogens is 2. The number of benzene rings is 1. The van der Waals surface area contributed by atoms with Crippen LogP contribution in [0, 0.1) is 6.92 Å². The minimum Gasteiger partial charge on any atom is -0.443 e. The second-order valence-electron chi connectivity index (χ2n) is 8.31. The highest BCUT2D eigenvalue weighted by Gasteiger charge is 2.32. The number of nitrogens with one attached hydrogen (secondary N) is 2. The lowest BCUT2D eigenvalue weighted by molar-refractivity contribution is -0.117. The molecule has 2 amide bonds. The fourth-order valence-electron chi connectivity index (χ4n) is 3.16. The van der Waals surface area contributed by atoms with Crippen molar-refractivity contribution in [3.8, 4) is 0 Å². The van der Waals surface area contributed by atoms with Gasteiger partial charge < -0.3 is 9.64 Å². The minimum atomic E-state index is -0.678. The number of rotatable bonds is 9. The molecule has 0 radical (unpaired) electrons. The van der Waals surface area contributed by atoms with Gasteiger partial charge in [0.25, 0.3) is 0 Å². The lowest BCUT2D eigenvalue weighted by Gasteiger charge is -2.35. The number of ether oxygens (including phenoxy) is 1. The third-order valence-corrected chi connectivity index (χ3v) is 4.88. The Balaban J connectivity index is 2.51. The van der Waals surface area contributed by atoms with Crippen molar-refractivity contribution in [1.29, 1.82) is 0 Å². The van der Waals surface area contributed by atoms with Gasteiger partial charge in [-0.1, -0.05) is 0 Å². The summed E-state index contributed by atoms with van der Waals surface area (Å²) in [6, 6.07) is 7.28. The highest BCUT2D eigenvalue weighted by Crippen LogP contribution is 2.31. The maximum atomic E-state index is 13.4. The molecule has 0 bridgehead atoms. The molecule has 0 aliphatic heterocycles. The number of nitrogens with zero attached hydrogens (tertiary/aromatic N) is 4. The van der Waals surface area contributed by atoms with Gasteiger partial charge >= 0.3 is 6.09 Å². The summed E-state index contributed by atoms with van der Waals surface area (Å²) < 4.78 is 7.43. The Bertz CT molecular complexity index is 898. The predicted molar refractivity (Wildman–Crippen MR) is 127 cm³/mol. The summed E-state index contributed by atoms with van der Waals surface area (Å²) in [5.41, 5.74) is 7.45. The van der Waals surface area contributed by atoms with Crippen LogP contribution in [0.3, 0.4) is 0 Å². The number of carbonyl (C=O) groups is 2. The van der Waals surface area contributed by atoms with E-state index >= 15 is 0 Å². The van der Waals surface area contributed by atoms with Crippen molar-refractivity contribution in [2.45, 2.75) is 45.9 Å². The van der Waals surface area contributed by atoms with E-state index in [9.17, 15) is 9.59 Å². The first-order valence-electron chi connectivity index (χ1n) is 10.4. The molecule has 1 unspecified atom stereocenters. The lowest BCUT2D eigenvalue weighted by atomic mass is 10.1. The summed E-state index contributed by atoms with van der Waals surface area (Å²) in [6.45, 7) is 7.73. The molecular formula is C22H33ClN6O3. The van der Waals surface area contributed by atoms with Crippen LogP contribution in [0.4, 0.5) is 16.2 Å². The van der Waals surface area contributed by atoms with Gasteiger partial charge in [0.1, 0.15) is 11.8 Å². The summed E-state index contributed by atoms with van der Waals surface area (Å²) in [5.74, 6) is 0.181. The molecule has 0 saturated carbocycles. The van der Waals surface area contributed by atoms with Crippen molar-refractivity contribution in [3.05, 3.63) is 42.2 Å². The number of hydrogen-bond acceptors (Lipinski definition) is 6. The fourth-order valence-corrected chi connectivity index (χ4v) is 3.32. The van der Waals surface area contributed by atoms with E-state index in [1.165, 1.54) is 0 Å². The van der Waals surface area contributed by atoms with E-state index in [-0.39, 0.29) is 18.2 Å². The first kappa shape index (κ1) is 25.6. The van der Waals surface area contributed by atoms with Gasteiger partial charge in [0, 0.05) is 37.4 Å². The Morgan fingerprint density at radius 1 is 1.31 bits per heavy atom. The smallest absolute Gasteiger partial charge is 0.416 e. The Kier molecular flexibility index (Phi) is 9.06. The van der Waals surface area contributed by atoms with Gasteiger partial charge in [0.15, 0.2) is 0 Å². The second-order valence-corrected chi connectivity index (χ2v) is 8.69. The van der Waals surface area contributed by atoms with Gasteiger partial charge in [0.2, 0.25) is 5.91 Å². The molecular weight excluding hydrogens is 432 g/mol. The number of aryl methyl sites for hydroxylation is 1. The summed E-state index contributed by atoms with van der Waals surface area (Å²) in [5, 5.41) is 4.35. The van der Waals surface area contributed by atoms with Crippen molar-refractivity contribution < 1.29 is 14.3 Å². The van der Waals surface area contributed by atoms with Crippen LogP contribution >= 0.6 is 11.6 Å². The molecule has 1 aromatic heterocycles. The molecule has 1 heterocycles. The minimum absolute atomic E-state index is 0.0798. The van der Waals surface area contributed by atoms with Crippen LogP contribution in [0.1, 0.15) is 38.9 Å². The number of carbonyl (C=O) groups excluding carboxylic acids is 2. The van der Waals surface area contributed by atoms with Gasteiger partial charge in [-0.2, -0.15) is 5.10 Å². The molecule has 2 aromatic rings. The average Bonchev–Trinajstić information content (AvgIpc) is 3.24. The van der Waals surface area contributed by atoms with Crippen LogP contribution in [0.15, 0.2) is 36.7 Å². The van der Waals surface area contributed by atoms with E-state index in [0.717, 1.165) is 11.3 Å². The lowest BCUT2D eigenvalue weighted by Crippen LogP contribution is -2.47. The standard InChI is InChI=1S/C22H33ClN6O3/c1-16-14-17(27(6)20(30)10-11-23)8-9-18(16)29(21(31)32-22(2,3)4)19(15-25-24-5)28-13-7-12-26-28/h7-9,12-14,19,24-25H,10-11,15H2,1-6H3. The highest BCUT2D eigenvalue weighted by molar-refractivity contribution is 6.19. The average molecular weight is 465 g/mol. The molecule has 1 atom stereocenters. The number of hydrazine groups is 1. The largest absolute Gasteiger partial charge is 0.443 e. The fraction of sp³-hybridized carbons (Fsp3) is 0.500. The zero-order chi connectivity index (χ0) is 23.9. The van der Waals surface area contributed by atoms with Crippen molar-refractivity contribution in [1.82, 2.24) is 20.6 Å². The van der Waals surface area contributed by atoms with Gasteiger partial charge in [-0.15, -0.1) is 11.6 Å². The van der Waals surface area contributed by atoms with Crippen LogP contribution in [0.5, 0.6) is 0 Å². The van der Waals surface area contributed by atoms with E-state index in [4.69, 9.17) is 16.3 Å². The highest BCUT2D eigenvalue weighted by atomic mass is 35.5. The number of anilines is 2. The molecule has 1 aromatic carbocycles. The maximum Gasteiger partial charge on any atom is 0.416 e. The monoisotopic (exact) mass is 464 g/mol. The predicted octanol–water partition coefficient (Wildman–Crippen LogP) is 3.45. The van der Waals surface area contributed by atoms with E-state index < -0.39 is 17.9 Å². The summed E-state index contributed by atoms with van der Waals surface area (Å²) in [4.78, 5) is 28.7. The molecule has 10 heteroatoms. The number of halogens is 1. The third-order valence-electron chi connectivity index (χ3n) is 4.69. The molecule has 32 heavy (non-hydrogen) atoms. The van der Waals surface area contributed by atoms with Crippen LogP contribution in [0.2, 0.25) is 0 Å². The molecule has 9 nitrogen and oxygen atoms in total. The van der Waals surface area contributed by atoms with E-state index in [1.54, 1.807) is 53.1 Å². The van der Waals surface area contributed by atoms with Crippen LogP contribution in [-0.4, -0.2) is 53.9 Å². The van der Waals surface area contributed by atoms with Gasteiger partial charge in [-0.3, -0.25) is 20.5 Å². The molecule has 176 valence electrons. The molecule has 0 saturated heterocycles. The summed E-state index contributed by atoms with van der Waals surface area (Å²) >= 11 is 5.71. The quantitative estimate of drug-likeness (QED) is 0.436. The van der Waals surface area contributed by atoms with Crippen LogP contribution in [0.25, 0.3) is 0 Å². The van der Waals surface area contributed by atoms with Gasteiger partial charge in [-0.25, -0.2) is 9.48 Å². The van der Waals surface area contributed by atoms with Crippen molar-refractivity contribution in [3.63, 3.8) is 0 Å². The Morgan fingerprint density at radius 3 is 2.56 bits per heavy atom. The molecule has 0 aliphatic rings. The van der Waals surface area contributed by atoms with Gasteiger partial charge in [0.05, 0.1) is 12.2 Å². The zero-order valence-corrected chi connectivity index (χ0v) is 20.3. The molecule has 2 rings (SSSR count). The number of hydrogen-bond donors (Lipinski definition) is 2. The van der Waals surface area contributed by atoms with Crippen LogP contribution < -0.4 is 20.7 Å². The first-order chi connectivity index (χ1) is 15.1. The Hall–Kier alpha value is -2.62. The molecule has 0 aliphatic carbocycles. The Labute approximate surface area is 194 Å². The summed E-state index contributed by atoms with van der Waals surface area (Å²) in [6.07, 6.45) is 2.69. The molecule has 0 spiro atoms. The molecule has 0 fully saturated rings. The van der Waals surface area contributed by atoms with Crippen LogP contribution in [-0.2, 0) is 9.53 Å². The van der Waals surface area contributed by atoms with Gasteiger partial charge in [-0.05, 0) is 64.6 Å². The van der Waals surface area contributed by atoms with Crippen molar-refractivity contribution in [2.24, 2.45) is 0 Å².